The Morgan fingerprint density at radius 2 is 1.96 bits per heavy atom. The molecule has 8 heteroatoms. The Morgan fingerprint density at radius 1 is 1.12 bits per heavy atom. The number of hydrogen-bond donors (Lipinski definition) is 2. The quantitative estimate of drug-likeness (QED) is 0.844. The number of morpholine rings is 1. The third-order valence-electron chi connectivity index (χ3n) is 3.67. The highest BCUT2D eigenvalue weighted by Crippen LogP contribution is 2.17. The monoisotopic (exact) mass is 335 g/mol. The molecule has 1 aromatic heterocycles. The number of anilines is 3. The lowest BCUT2D eigenvalue weighted by molar-refractivity contribution is 0.0398. The second-order valence-electron chi connectivity index (χ2n) is 5.40. The minimum Gasteiger partial charge on any atom is -0.379 e. The molecule has 0 unspecified atom stereocenters. The molecule has 0 amide bonds. The molecule has 1 fully saturated rings. The first-order valence-electron chi connectivity index (χ1n) is 7.80. The number of ether oxygens (including phenoxy) is 1. The average molecular weight is 335 g/mol. The van der Waals surface area contributed by atoms with Crippen molar-refractivity contribution < 1.29 is 13.5 Å². The zero-order valence-electron chi connectivity index (χ0n) is 13.1. The van der Waals surface area contributed by atoms with Crippen LogP contribution in [0.4, 0.5) is 26.2 Å². The van der Waals surface area contributed by atoms with Crippen LogP contribution < -0.4 is 10.6 Å². The van der Waals surface area contributed by atoms with Crippen molar-refractivity contribution in [1.29, 1.82) is 0 Å². The molecule has 2 heterocycles. The van der Waals surface area contributed by atoms with E-state index in [0.717, 1.165) is 51.5 Å². The zero-order chi connectivity index (χ0) is 16.8. The first kappa shape index (κ1) is 16.5. The summed E-state index contributed by atoms with van der Waals surface area (Å²) in [5, 5.41) is 6.09. The lowest BCUT2D eigenvalue weighted by Gasteiger charge is -2.26. The van der Waals surface area contributed by atoms with E-state index in [1.54, 1.807) is 12.3 Å². The number of halogens is 2. The van der Waals surface area contributed by atoms with Crippen LogP contribution in [0.15, 0.2) is 30.5 Å². The number of rotatable bonds is 6. The van der Waals surface area contributed by atoms with E-state index in [-0.39, 0.29) is 0 Å². The largest absolute Gasteiger partial charge is 0.379 e. The maximum absolute atomic E-state index is 13.2. The van der Waals surface area contributed by atoms with Crippen molar-refractivity contribution in [3.05, 3.63) is 42.1 Å². The van der Waals surface area contributed by atoms with Gasteiger partial charge >= 0.3 is 0 Å². The fourth-order valence-electron chi connectivity index (χ4n) is 2.39. The molecule has 0 radical (unpaired) electrons. The van der Waals surface area contributed by atoms with E-state index in [9.17, 15) is 8.78 Å². The van der Waals surface area contributed by atoms with Gasteiger partial charge in [-0.05, 0) is 18.2 Å². The Morgan fingerprint density at radius 3 is 2.75 bits per heavy atom. The number of benzene rings is 1. The maximum Gasteiger partial charge on any atom is 0.229 e. The highest BCUT2D eigenvalue weighted by Gasteiger charge is 2.09. The molecule has 1 aliphatic rings. The van der Waals surface area contributed by atoms with Crippen molar-refractivity contribution >= 4 is 17.5 Å². The van der Waals surface area contributed by atoms with Gasteiger partial charge in [0, 0.05) is 44.1 Å². The lowest BCUT2D eigenvalue weighted by atomic mass is 10.3. The molecule has 1 aromatic carbocycles. The zero-order valence-corrected chi connectivity index (χ0v) is 13.1. The van der Waals surface area contributed by atoms with Gasteiger partial charge in [0.2, 0.25) is 5.95 Å². The molecule has 0 bridgehead atoms. The molecular weight excluding hydrogens is 316 g/mol. The third kappa shape index (κ3) is 4.59. The minimum absolute atomic E-state index is 0.317. The van der Waals surface area contributed by atoms with Crippen molar-refractivity contribution in [2.45, 2.75) is 0 Å². The van der Waals surface area contributed by atoms with E-state index in [1.165, 1.54) is 6.07 Å². The standard InChI is InChI=1S/C16H19F2N5O/c17-13-2-1-12(11-14(13)18)21-16-20-4-3-15(22-16)19-5-6-23-7-9-24-10-8-23/h1-4,11H,5-10H2,(H2,19,20,21,22). The van der Waals surface area contributed by atoms with Gasteiger partial charge in [0.05, 0.1) is 13.2 Å². The molecule has 2 aromatic rings. The molecule has 0 aliphatic carbocycles. The average Bonchev–Trinajstić information content (AvgIpc) is 2.60. The van der Waals surface area contributed by atoms with E-state index >= 15 is 0 Å². The van der Waals surface area contributed by atoms with Crippen molar-refractivity contribution in [3.8, 4) is 0 Å². The highest BCUT2D eigenvalue weighted by atomic mass is 19.2. The summed E-state index contributed by atoms with van der Waals surface area (Å²) in [6, 6.07) is 5.31. The molecule has 1 aliphatic heterocycles. The van der Waals surface area contributed by atoms with Gasteiger partial charge < -0.3 is 15.4 Å². The predicted octanol–water partition coefficient (Wildman–Crippen LogP) is 2.24. The summed E-state index contributed by atoms with van der Waals surface area (Å²) in [5.74, 6) is -0.819. The van der Waals surface area contributed by atoms with Gasteiger partial charge in [-0.1, -0.05) is 0 Å². The Bertz CT molecular complexity index is 679. The molecule has 6 nitrogen and oxygen atoms in total. The van der Waals surface area contributed by atoms with Gasteiger partial charge in [-0.3, -0.25) is 4.90 Å². The van der Waals surface area contributed by atoms with Crippen LogP contribution >= 0.6 is 0 Å². The molecule has 0 saturated carbocycles. The Hall–Kier alpha value is -2.32. The maximum atomic E-state index is 13.2. The molecule has 3 rings (SSSR count). The fourth-order valence-corrected chi connectivity index (χ4v) is 2.39. The fraction of sp³-hybridized carbons (Fsp3) is 0.375. The summed E-state index contributed by atoms with van der Waals surface area (Å²) >= 11 is 0. The lowest BCUT2D eigenvalue weighted by Crippen LogP contribution is -2.39. The van der Waals surface area contributed by atoms with Gasteiger partial charge in [-0.2, -0.15) is 4.98 Å². The number of nitrogens with zero attached hydrogens (tertiary/aromatic N) is 3. The van der Waals surface area contributed by atoms with Gasteiger partial charge in [0.1, 0.15) is 5.82 Å². The molecular formula is C16H19F2N5O. The Labute approximate surface area is 138 Å². The predicted molar refractivity (Wildman–Crippen MR) is 87.4 cm³/mol. The number of nitrogens with one attached hydrogen (secondary N) is 2. The summed E-state index contributed by atoms with van der Waals surface area (Å²) in [7, 11) is 0. The summed E-state index contributed by atoms with van der Waals surface area (Å²) in [6.45, 7) is 5.08. The molecule has 128 valence electrons. The normalized spacial score (nSPS) is 15.2. The summed E-state index contributed by atoms with van der Waals surface area (Å²) < 4.78 is 31.5. The minimum atomic E-state index is -0.917. The Balaban J connectivity index is 1.54. The SMILES string of the molecule is Fc1ccc(Nc2nccc(NCCN3CCOCC3)n2)cc1F. The van der Waals surface area contributed by atoms with Crippen LogP contribution in [-0.4, -0.2) is 54.3 Å². The molecule has 0 spiro atoms. The number of hydrogen-bond acceptors (Lipinski definition) is 6. The van der Waals surface area contributed by atoms with E-state index in [2.05, 4.69) is 25.5 Å². The van der Waals surface area contributed by atoms with Gasteiger partial charge in [0.15, 0.2) is 11.6 Å². The van der Waals surface area contributed by atoms with E-state index in [4.69, 9.17) is 4.74 Å². The summed E-state index contributed by atoms with van der Waals surface area (Å²) in [6.07, 6.45) is 1.60. The molecule has 0 atom stereocenters. The first-order chi connectivity index (χ1) is 11.7. The van der Waals surface area contributed by atoms with Crippen LogP contribution in [0, 0.1) is 11.6 Å². The van der Waals surface area contributed by atoms with Crippen molar-refractivity contribution in [1.82, 2.24) is 14.9 Å². The Kier molecular flexibility index (Phi) is 5.50. The number of aromatic nitrogens is 2. The topological polar surface area (TPSA) is 62.3 Å². The smallest absolute Gasteiger partial charge is 0.229 e. The highest BCUT2D eigenvalue weighted by molar-refractivity contribution is 5.54. The van der Waals surface area contributed by atoms with E-state index in [0.29, 0.717) is 17.5 Å². The van der Waals surface area contributed by atoms with Crippen molar-refractivity contribution in [3.63, 3.8) is 0 Å². The molecule has 24 heavy (non-hydrogen) atoms. The van der Waals surface area contributed by atoms with Crippen LogP contribution in [0.1, 0.15) is 0 Å². The summed E-state index contributed by atoms with van der Waals surface area (Å²) in [4.78, 5) is 10.7. The molecule has 1 saturated heterocycles. The third-order valence-corrected chi connectivity index (χ3v) is 3.67. The molecule has 2 N–H and O–H groups in total. The second-order valence-corrected chi connectivity index (χ2v) is 5.40. The van der Waals surface area contributed by atoms with E-state index in [1.807, 2.05) is 0 Å². The van der Waals surface area contributed by atoms with Crippen molar-refractivity contribution in [2.24, 2.45) is 0 Å². The van der Waals surface area contributed by atoms with Gasteiger partial charge in [0.25, 0.3) is 0 Å². The van der Waals surface area contributed by atoms with Crippen LogP contribution in [0.5, 0.6) is 0 Å². The summed E-state index contributed by atoms with van der Waals surface area (Å²) in [5.41, 5.74) is 0.388. The van der Waals surface area contributed by atoms with Gasteiger partial charge in [-0.25, -0.2) is 13.8 Å². The van der Waals surface area contributed by atoms with E-state index < -0.39 is 11.6 Å². The first-order valence-corrected chi connectivity index (χ1v) is 7.80. The van der Waals surface area contributed by atoms with Crippen LogP contribution in [0.25, 0.3) is 0 Å². The van der Waals surface area contributed by atoms with Crippen LogP contribution in [-0.2, 0) is 4.74 Å². The van der Waals surface area contributed by atoms with Crippen LogP contribution in [0.2, 0.25) is 0 Å². The van der Waals surface area contributed by atoms with Crippen molar-refractivity contribution in [2.75, 3.05) is 50.0 Å². The van der Waals surface area contributed by atoms with Gasteiger partial charge in [-0.15, -0.1) is 0 Å². The second kappa shape index (κ2) is 7.98. The van der Waals surface area contributed by atoms with Crippen LogP contribution in [0.3, 0.4) is 0 Å².